The number of halogens is 1. The van der Waals surface area contributed by atoms with Crippen LogP contribution >= 0.6 is 22.9 Å². The number of aryl methyl sites for hydroxylation is 1. The Hall–Kier alpha value is -1.11. The van der Waals surface area contributed by atoms with E-state index in [0.717, 1.165) is 0 Å². The van der Waals surface area contributed by atoms with E-state index >= 15 is 0 Å². The standard InChI is InChI=1S/C10H9ClN2O2S2/c1-13-6-7-16-10(13)12-17(14,15)9-4-2-8(11)3-5-9/h2-7H,1H3. The van der Waals surface area contributed by atoms with E-state index in [4.69, 9.17) is 11.6 Å². The number of sulfonamides is 1. The summed E-state index contributed by atoms with van der Waals surface area (Å²) in [4.78, 5) is 0.565. The van der Waals surface area contributed by atoms with Crippen molar-refractivity contribution in [1.82, 2.24) is 4.57 Å². The molecule has 0 bridgehead atoms. The van der Waals surface area contributed by atoms with Crippen LogP contribution < -0.4 is 4.80 Å². The molecule has 1 aromatic carbocycles. The summed E-state index contributed by atoms with van der Waals surface area (Å²) in [5.74, 6) is 0. The van der Waals surface area contributed by atoms with E-state index in [1.807, 2.05) is 0 Å². The molecule has 0 saturated carbocycles. The maximum Gasteiger partial charge on any atom is 0.285 e. The highest BCUT2D eigenvalue weighted by atomic mass is 35.5. The second-order valence-corrected chi connectivity index (χ2v) is 6.23. The SMILES string of the molecule is Cn1ccsc1=NS(=O)(=O)c1ccc(Cl)cc1. The van der Waals surface area contributed by atoms with Gasteiger partial charge in [0.2, 0.25) is 4.80 Å². The van der Waals surface area contributed by atoms with Gasteiger partial charge < -0.3 is 4.57 Å². The lowest BCUT2D eigenvalue weighted by molar-refractivity contribution is 0.596. The van der Waals surface area contributed by atoms with Gasteiger partial charge in [-0.1, -0.05) is 11.6 Å². The van der Waals surface area contributed by atoms with Gasteiger partial charge in [0, 0.05) is 23.6 Å². The molecule has 0 radical (unpaired) electrons. The third-order valence-corrected chi connectivity index (χ3v) is 4.57. The predicted octanol–water partition coefficient (Wildman–Crippen LogP) is 2.03. The quantitative estimate of drug-likeness (QED) is 0.849. The van der Waals surface area contributed by atoms with Crippen molar-refractivity contribution >= 4 is 33.0 Å². The minimum atomic E-state index is -3.67. The molecule has 0 amide bonds. The summed E-state index contributed by atoms with van der Waals surface area (Å²) in [5.41, 5.74) is 0. The Labute approximate surface area is 108 Å². The normalized spacial score (nSPS) is 12.9. The van der Waals surface area contributed by atoms with Crippen LogP contribution in [0.15, 0.2) is 45.1 Å². The van der Waals surface area contributed by atoms with Gasteiger partial charge in [0.05, 0.1) is 4.90 Å². The van der Waals surface area contributed by atoms with Crippen molar-refractivity contribution in [2.75, 3.05) is 0 Å². The van der Waals surface area contributed by atoms with Crippen molar-refractivity contribution in [1.29, 1.82) is 0 Å². The number of hydrogen-bond donors (Lipinski definition) is 0. The fraction of sp³-hybridized carbons (Fsp3) is 0.100. The lowest BCUT2D eigenvalue weighted by Crippen LogP contribution is -2.12. The average molecular weight is 289 g/mol. The molecule has 7 heteroatoms. The van der Waals surface area contributed by atoms with Crippen LogP contribution in [0.25, 0.3) is 0 Å². The predicted molar refractivity (Wildman–Crippen MR) is 67.5 cm³/mol. The number of nitrogens with zero attached hydrogens (tertiary/aromatic N) is 2. The first-order valence-corrected chi connectivity index (χ1v) is 7.35. The summed E-state index contributed by atoms with van der Waals surface area (Å²) >= 11 is 6.97. The van der Waals surface area contributed by atoms with Crippen LogP contribution in [0, 0.1) is 0 Å². The van der Waals surface area contributed by atoms with Crippen molar-refractivity contribution in [2.24, 2.45) is 11.4 Å². The lowest BCUT2D eigenvalue weighted by atomic mass is 10.4. The van der Waals surface area contributed by atoms with E-state index in [1.54, 1.807) is 23.2 Å². The summed E-state index contributed by atoms with van der Waals surface area (Å²) in [6.45, 7) is 0. The second-order valence-electron chi connectivity index (χ2n) is 3.32. The molecule has 1 aromatic heterocycles. The Bertz CT molecular complexity index is 684. The molecule has 0 atom stereocenters. The van der Waals surface area contributed by atoms with Crippen LogP contribution in [-0.2, 0) is 17.1 Å². The van der Waals surface area contributed by atoms with Crippen LogP contribution in [0.3, 0.4) is 0 Å². The molecular formula is C10H9ClN2O2S2. The van der Waals surface area contributed by atoms with Crippen LogP contribution in [0.4, 0.5) is 0 Å². The molecule has 0 aliphatic rings. The van der Waals surface area contributed by atoms with Gasteiger partial charge in [-0.15, -0.1) is 15.7 Å². The molecule has 17 heavy (non-hydrogen) atoms. The number of aromatic nitrogens is 1. The van der Waals surface area contributed by atoms with Crippen LogP contribution in [0.1, 0.15) is 0 Å². The Morgan fingerprint density at radius 3 is 2.47 bits per heavy atom. The average Bonchev–Trinajstić information content (AvgIpc) is 2.64. The number of rotatable bonds is 2. The molecule has 2 rings (SSSR count). The third-order valence-electron chi connectivity index (χ3n) is 2.07. The Morgan fingerprint density at radius 1 is 1.29 bits per heavy atom. The zero-order chi connectivity index (χ0) is 12.5. The molecule has 0 N–H and O–H groups in total. The summed E-state index contributed by atoms with van der Waals surface area (Å²) in [6, 6.07) is 5.93. The van der Waals surface area contributed by atoms with E-state index in [9.17, 15) is 8.42 Å². The first-order chi connectivity index (χ1) is 7.99. The highest BCUT2D eigenvalue weighted by molar-refractivity contribution is 7.90. The van der Waals surface area contributed by atoms with Crippen LogP contribution in [-0.4, -0.2) is 13.0 Å². The maximum atomic E-state index is 11.9. The zero-order valence-electron chi connectivity index (χ0n) is 8.87. The first kappa shape index (κ1) is 12.3. The van der Waals surface area contributed by atoms with Crippen molar-refractivity contribution in [2.45, 2.75) is 4.90 Å². The summed E-state index contributed by atoms with van der Waals surface area (Å²) < 4.78 is 29.3. The largest absolute Gasteiger partial charge is 0.326 e. The molecule has 0 fully saturated rings. The van der Waals surface area contributed by atoms with Crippen LogP contribution in [0.5, 0.6) is 0 Å². The van der Waals surface area contributed by atoms with Crippen LogP contribution in [0.2, 0.25) is 5.02 Å². The highest BCUT2D eigenvalue weighted by Gasteiger charge is 2.12. The number of thiazole rings is 1. The second kappa shape index (κ2) is 4.64. The molecule has 90 valence electrons. The molecule has 0 aliphatic heterocycles. The minimum Gasteiger partial charge on any atom is -0.326 e. The Morgan fingerprint density at radius 2 is 1.94 bits per heavy atom. The fourth-order valence-electron chi connectivity index (χ4n) is 1.18. The van der Waals surface area contributed by atoms with Gasteiger partial charge in [0.25, 0.3) is 10.0 Å². The fourth-order valence-corrected chi connectivity index (χ4v) is 3.28. The topological polar surface area (TPSA) is 51.4 Å². The maximum absolute atomic E-state index is 11.9. The molecule has 1 heterocycles. The summed E-state index contributed by atoms with van der Waals surface area (Å²) in [7, 11) is -1.92. The van der Waals surface area contributed by atoms with Gasteiger partial charge in [0.15, 0.2) is 0 Å². The van der Waals surface area contributed by atoms with Crippen molar-refractivity contribution in [3.05, 3.63) is 45.7 Å². The van der Waals surface area contributed by atoms with Gasteiger partial charge in [-0.05, 0) is 24.3 Å². The molecule has 2 aromatic rings. The van der Waals surface area contributed by atoms with Crippen molar-refractivity contribution in [3.63, 3.8) is 0 Å². The molecule has 0 spiro atoms. The highest BCUT2D eigenvalue weighted by Crippen LogP contribution is 2.15. The smallest absolute Gasteiger partial charge is 0.285 e. The van der Waals surface area contributed by atoms with E-state index in [2.05, 4.69) is 4.40 Å². The molecular weight excluding hydrogens is 280 g/mol. The van der Waals surface area contributed by atoms with Gasteiger partial charge in [-0.2, -0.15) is 8.42 Å². The van der Waals surface area contributed by atoms with E-state index in [0.29, 0.717) is 9.82 Å². The first-order valence-electron chi connectivity index (χ1n) is 4.66. The van der Waals surface area contributed by atoms with Gasteiger partial charge in [-0.25, -0.2) is 0 Å². The number of hydrogen-bond acceptors (Lipinski definition) is 3. The van der Waals surface area contributed by atoms with E-state index in [-0.39, 0.29) is 4.90 Å². The van der Waals surface area contributed by atoms with Crippen molar-refractivity contribution < 1.29 is 8.42 Å². The third kappa shape index (κ3) is 2.77. The monoisotopic (exact) mass is 288 g/mol. The molecule has 0 aliphatic carbocycles. The zero-order valence-corrected chi connectivity index (χ0v) is 11.3. The van der Waals surface area contributed by atoms with Gasteiger partial charge in [0.1, 0.15) is 0 Å². The summed E-state index contributed by atoms with van der Waals surface area (Å²) in [5, 5.41) is 2.27. The van der Waals surface area contributed by atoms with E-state index in [1.165, 1.54) is 35.6 Å². The molecule has 0 unspecified atom stereocenters. The Kier molecular flexibility index (Phi) is 3.37. The summed E-state index contributed by atoms with van der Waals surface area (Å²) in [6.07, 6.45) is 1.75. The minimum absolute atomic E-state index is 0.135. The Balaban J connectivity index is 2.52. The van der Waals surface area contributed by atoms with Crippen molar-refractivity contribution in [3.8, 4) is 0 Å². The lowest BCUT2D eigenvalue weighted by Gasteiger charge is -1.98. The van der Waals surface area contributed by atoms with Gasteiger partial charge in [-0.3, -0.25) is 0 Å². The molecule has 0 saturated heterocycles. The number of benzene rings is 1. The van der Waals surface area contributed by atoms with Gasteiger partial charge >= 0.3 is 0 Å². The van der Waals surface area contributed by atoms with E-state index < -0.39 is 10.0 Å². The molecule has 4 nitrogen and oxygen atoms in total.